The lowest BCUT2D eigenvalue weighted by Gasteiger charge is -2.10. The minimum absolute atomic E-state index is 0. The van der Waals surface area contributed by atoms with Crippen LogP contribution in [0.15, 0.2) is 54.6 Å². The smallest absolute Gasteiger partial charge is 0.204 e. The molecule has 0 aliphatic carbocycles. The Bertz CT molecular complexity index is 802. The average molecular weight is 363 g/mol. The molecule has 1 N–H and O–H groups in total. The van der Waals surface area contributed by atoms with Crippen molar-refractivity contribution in [2.24, 2.45) is 0 Å². The highest BCUT2D eigenvalue weighted by Crippen LogP contribution is 2.20. The van der Waals surface area contributed by atoms with E-state index in [9.17, 15) is 4.79 Å². The number of carbonyl (C=O) groups is 1. The van der Waals surface area contributed by atoms with Gasteiger partial charge >= 0.3 is 0 Å². The number of para-hydroxylation sites is 2. The number of Topliss-reactive ketones (excluding diaryl/α,β-unsaturated/α-hetero) is 1. The van der Waals surface area contributed by atoms with Crippen LogP contribution in [-0.4, -0.2) is 27.8 Å². The summed E-state index contributed by atoms with van der Waals surface area (Å²) in [6.45, 7) is 0.986. The van der Waals surface area contributed by atoms with Crippen LogP contribution < -0.4 is 17.7 Å². The number of halogens is 2. The predicted molar refractivity (Wildman–Crippen MR) is 94.3 cm³/mol. The average Bonchev–Trinajstić information content (AvgIpc) is 2.94. The first-order chi connectivity index (χ1) is 11.3. The van der Waals surface area contributed by atoms with Crippen molar-refractivity contribution in [3.63, 3.8) is 0 Å². The molecule has 0 bridgehead atoms. The molecule has 0 aliphatic heterocycles. The first kappa shape index (κ1) is 18.3. The fraction of sp³-hybridized carbons (Fsp3) is 0.222. The van der Waals surface area contributed by atoms with Gasteiger partial charge in [0.25, 0.3) is 0 Å². The Morgan fingerprint density at radius 1 is 1.08 bits per heavy atom. The molecule has 3 rings (SSSR count). The monoisotopic (exact) mass is 362 g/mol. The zero-order chi connectivity index (χ0) is 16.1. The maximum atomic E-state index is 12.5. The molecule has 0 saturated heterocycles. The van der Waals surface area contributed by atoms with Gasteiger partial charge in [-0.25, -0.2) is 4.98 Å². The molecule has 1 aromatic heterocycles. The van der Waals surface area contributed by atoms with Crippen molar-refractivity contribution < 1.29 is 17.2 Å². The van der Waals surface area contributed by atoms with E-state index >= 15 is 0 Å². The van der Waals surface area contributed by atoms with E-state index in [1.165, 1.54) is 0 Å². The Morgan fingerprint density at radius 2 is 1.79 bits per heavy atom. The Balaban J connectivity index is 0.00000208. The van der Waals surface area contributed by atoms with E-state index in [1.807, 2.05) is 59.2 Å². The molecule has 6 heteroatoms. The van der Waals surface area contributed by atoms with Crippen LogP contribution in [0.5, 0.6) is 0 Å². The van der Waals surface area contributed by atoms with Gasteiger partial charge < -0.3 is 22.3 Å². The summed E-state index contributed by atoms with van der Waals surface area (Å²) in [7, 11) is 0. The number of aromatic nitrogens is 2. The predicted octanol–water partition coefficient (Wildman–Crippen LogP) is 0.964. The molecular formula is C18H18Cl2N3O-. The Kier molecular flexibility index (Phi) is 6.64. The normalized spacial score (nSPS) is 10.4. The van der Waals surface area contributed by atoms with Gasteiger partial charge in [0.1, 0.15) is 0 Å². The summed E-state index contributed by atoms with van der Waals surface area (Å²) in [5.74, 6) is 1.37. The number of carbonyl (C=O) groups excluding carboxylic acids is 1. The maximum Gasteiger partial charge on any atom is 0.204 e. The quantitative estimate of drug-likeness (QED) is 0.387. The number of imidazole rings is 1. The fourth-order valence-corrected chi connectivity index (χ4v) is 2.63. The summed E-state index contributed by atoms with van der Waals surface area (Å²) in [4.78, 5) is 17.1. The summed E-state index contributed by atoms with van der Waals surface area (Å²) in [5.41, 5.74) is 2.53. The molecule has 0 spiro atoms. The van der Waals surface area contributed by atoms with Gasteiger partial charge in [0.2, 0.25) is 5.95 Å². The van der Waals surface area contributed by atoms with Crippen molar-refractivity contribution >= 4 is 34.4 Å². The van der Waals surface area contributed by atoms with Gasteiger partial charge in [-0.15, -0.1) is 11.6 Å². The molecule has 0 saturated carbocycles. The van der Waals surface area contributed by atoms with Gasteiger partial charge in [0, 0.05) is 18.0 Å². The minimum atomic E-state index is 0. The van der Waals surface area contributed by atoms with Crippen molar-refractivity contribution in [3.8, 4) is 0 Å². The highest BCUT2D eigenvalue weighted by molar-refractivity contribution is 6.17. The minimum Gasteiger partial charge on any atom is -1.00 e. The van der Waals surface area contributed by atoms with Crippen LogP contribution in [0.25, 0.3) is 11.0 Å². The largest absolute Gasteiger partial charge is 1.00 e. The molecule has 4 nitrogen and oxygen atoms in total. The highest BCUT2D eigenvalue weighted by Gasteiger charge is 2.14. The van der Waals surface area contributed by atoms with Crippen molar-refractivity contribution in [3.05, 3.63) is 60.2 Å². The lowest BCUT2D eigenvalue weighted by Crippen LogP contribution is -3.00. The summed E-state index contributed by atoms with van der Waals surface area (Å²) >= 11 is 5.73. The molecule has 2 aromatic carbocycles. The van der Waals surface area contributed by atoms with Crippen LogP contribution in [0.3, 0.4) is 0 Å². The molecule has 0 radical (unpaired) electrons. The summed E-state index contributed by atoms with van der Waals surface area (Å²) in [6, 6.07) is 17.2. The number of nitrogens with zero attached hydrogens (tertiary/aromatic N) is 2. The number of fused-ring (bicyclic) bond motifs is 1. The van der Waals surface area contributed by atoms with Crippen LogP contribution in [0.4, 0.5) is 5.95 Å². The molecule has 24 heavy (non-hydrogen) atoms. The third-order valence-corrected chi connectivity index (χ3v) is 3.91. The number of hydrogen-bond acceptors (Lipinski definition) is 3. The van der Waals surface area contributed by atoms with Crippen molar-refractivity contribution in [1.29, 1.82) is 0 Å². The zero-order valence-electron chi connectivity index (χ0n) is 13.1. The summed E-state index contributed by atoms with van der Waals surface area (Å²) < 4.78 is 1.93. The van der Waals surface area contributed by atoms with E-state index in [0.29, 0.717) is 17.4 Å². The van der Waals surface area contributed by atoms with Crippen molar-refractivity contribution in [1.82, 2.24) is 9.55 Å². The SMILES string of the molecule is O=C(Cn1c(NCCCCl)nc2ccccc21)c1ccccc1.[Cl-]. The molecule has 126 valence electrons. The van der Waals surface area contributed by atoms with E-state index in [0.717, 1.165) is 24.0 Å². The molecule has 0 aliphatic rings. The maximum absolute atomic E-state index is 12.5. The van der Waals surface area contributed by atoms with Gasteiger partial charge in [-0.1, -0.05) is 42.5 Å². The van der Waals surface area contributed by atoms with E-state index in [1.54, 1.807) is 0 Å². The van der Waals surface area contributed by atoms with Gasteiger partial charge in [0.15, 0.2) is 5.78 Å². The van der Waals surface area contributed by atoms with E-state index in [-0.39, 0.29) is 24.7 Å². The molecule has 0 fully saturated rings. The second-order valence-electron chi connectivity index (χ2n) is 5.27. The van der Waals surface area contributed by atoms with Gasteiger partial charge in [0.05, 0.1) is 17.6 Å². The summed E-state index contributed by atoms with van der Waals surface area (Å²) in [5, 5.41) is 3.28. The van der Waals surface area contributed by atoms with Gasteiger partial charge in [-0.2, -0.15) is 0 Å². The molecular weight excluding hydrogens is 345 g/mol. The molecule has 0 atom stereocenters. The topological polar surface area (TPSA) is 46.9 Å². The number of ketones is 1. The lowest BCUT2D eigenvalue weighted by atomic mass is 10.1. The van der Waals surface area contributed by atoms with Crippen molar-refractivity contribution in [2.75, 3.05) is 17.7 Å². The number of alkyl halides is 1. The van der Waals surface area contributed by atoms with Crippen LogP contribution >= 0.6 is 11.6 Å². The molecule has 3 aromatic rings. The third kappa shape index (κ3) is 4.08. The van der Waals surface area contributed by atoms with E-state index in [4.69, 9.17) is 11.6 Å². The van der Waals surface area contributed by atoms with Crippen molar-refractivity contribution in [2.45, 2.75) is 13.0 Å². The van der Waals surface area contributed by atoms with Gasteiger partial charge in [-0.05, 0) is 18.6 Å². The van der Waals surface area contributed by atoms with Crippen LogP contribution in [0.1, 0.15) is 16.8 Å². The first-order valence-corrected chi connectivity index (χ1v) is 8.16. The Labute approximate surface area is 152 Å². The van der Waals surface area contributed by atoms with E-state index in [2.05, 4.69) is 10.3 Å². The first-order valence-electron chi connectivity index (χ1n) is 7.63. The Morgan fingerprint density at radius 3 is 2.54 bits per heavy atom. The third-order valence-electron chi connectivity index (χ3n) is 3.65. The van der Waals surface area contributed by atoms with Crippen LogP contribution in [0.2, 0.25) is 0 Å². The van der Waals surface area contributed by atoms with Crippen LogP contribution in [0, 0.1) is 0 Å². The number of anilines is 1. The number of hydrogen-bond donors (Lipinski definition) is 1. The highest BCUT2D eigenvalue weighted by atomic mass is 35.5. The lowest BCUT2D eigenvalue weighted by molar-refractivity contribution is -0.0000125. The van der Waals surface area contributed by atoms with E-state index < -0.39 is 0 Å². The number of benzene rings is 2. The fourth-order valence-electron chi connectivity index (χ4n) is 2.50. The second-order valence-corrected chi connectivity index (χ2v) is 5.65. The Hall–Kier alpha value is -2.04. The zero-order valence-corrected chi connectivity index (χ0v) is 14.6. The second kappa shape index (κ2) is 8.71. The standard InChI is InChI=1S/C18H18ClN3O.ClH/c19-11-6-12-20-18-21-15-9-4-5-10-16(15)22(18)13-17(23)14-7-2-1-3-8-14;/h1-5,7-10H,6,11-13H2,(H,20,21);1H/p-1. The molecule has 0 amide bonds. The van der Waals surface area contributed by atoms with Gasteiger partial charge in [-0.3, -0.25) is 4.79 Å². The summed E-state index contributed by atoms with van der Waals surface area (Å²) in [6.07, 6.45) is 0.845. The number of nitrogens with one attached hydrogen (secondary N) is 1. The van der Waals surface area contributed by atoms with Crippen LogP contribution in [-0.2, 0) is 6.54 Å². The molecule has 1 heterocycles. The number of rotatable bonds is 7. The molecule has 0 unspecified atom stereocenters.